The highest BCUT2D eigenvalue weighted by atomic mass is 32.2. The van der Waals surface area contributed by atoms with Crippen LogP contribution in [0.4, 0.5) is 0 Å². The van der Waals surface area contributed by atoms with Crippen LogP contribution in [0.25, 0.3) is 11.1 Å². The number of rotatable bonds is 7. The van der Waals surface area contributed by atoms with Gasteiger partial charge in [-0.25, -0.2) is 0 Å². The Labute approximate surface area is 111 Å². The van der Waals surface area contributed by atoms with Crippen molar-refractivity contribution < 1.29 is 18.5 Å². The first-order chi connectivity index (χ1) is 8.86. The van der Waals surface area contributed by atoms with Crippen LogP contribution in [0.2, 0.25) is 0 Å². The zero-order chi connectivity index (χ0) is 12.8. The van der Waals surface area contributed by atoms with Crippen LogP contribution in [0.5, 0.6) is 0 Å². The highest BCUT2D eigenvalue weighted by molar-refractivity contribution is 7.98. The number of nitrogens with zero attached hydrogens (tertiary/aromatic N) is 1. The van der Waals surface area contributed by atoms with Gasteiger partial charge >= 0.3 is 5.22 Å². The minimum atomic E-state index is 0.626. The molecule has 18 heavy (non-hydrogen) atoms. The van der Waals surface area contributed by atoms with Gasteiger partial charge < -0.3 is 13.9 Å². The third-order valence-electron chi connectivity index (χ3n) is 2.64. The van der Waals surface area contributed by atoms with Crippen LogP contribution in [0.3, 0.4) is 0 Å². The molecule has 1 heterocycles. The number of thioether (sulfide) groups is 1. The zero-order valence-corrected chi connectivity index (χ0v) is 11.5. The molecule has 0 bridgehead atoms. The quantitative estimate of drug-likeness (QED) is 0.438. The van der Waals surface area contributed by atoms with E-state index in [1.165, 1.54) is 0 Å². The van der Waals surface area contributed by atoms with Gasteiger partial charge in [0.1, 0.15) is 6.61 Å². The third-order valence-corrected chi connectivity index (χ3v) is 3.29. The molecule has 0 amide bonds. The van der Waals surface area contributed by atoms with E-state index in [4.69, 9.17) is 13.9 Å². The Morgan fingerprint density at radius 3 is 2.83 bits per heavy atom. The summed E-state index contributed by atoms with van der Waals surface area (Å²) < 4.78 is 18.4. The highest BCUT2D eigenvalue weighted by Gasteiger charge is 2.20. The van der Waals surface area contributed by atoms with E-state index in [0.29, 0.717) is 19.8 Å². The molecule has 0 saturated carbocycles. The number of hydrogen-bond acceptors (Lipinski definition) is 4. The molecule has 0 saturated heterocycles. The summed E-state index contributed by atoms with van der Waals surface area (Å²) in [6.45, 7) is 2.70. The second-order valence-corrected chi connectivity index (χ2v) is 4.55. The molecule has 0 spiro atoms. The number of aromatic nitrogens is 1. The smallest absolute Gasteiger partial charge is 0.393 e. The number of hydrogen-bond donors (Lipinski definition) is 0. The molecule has 5 heteroatoms. The molecular formula is C13H18NO3S+. The molecule has 0 N–H and O–H groups in total. The summed E-state index contributed by atoms with van der Waals surface area (Å²) in [5.41, 5.74) is 2.02. The lowest BCUT2D eigenvalue weighted by Crippen LogP contribution is -2.37. The molecule has 2 aromatic rings. The molecule has 0 fully saturated rings. The fourth-order valence-electron chi connectivity index (χ4n) is 1.78. The van der Waals surface area contributed by atoms with Gasteiger partial charge in [-0.05, 0) is 24.1 Å². The SMILES string of the molecule is COCCOCC[n+]1c(SC)oc2ccccc21. The van der Waals surface area contributed by atoms with Crippen molar-refractivity contribution in [2.75, 3.05) is 33.2 Å². The Bertz CT molecular complexity index is 498. The van der Waals surface area contributed by atoms with Crippen LogP contribution in [-0.2, 0) is 16.0 Å². The number of methoxy groups -OCH3 is 1. The summed E-state index contributed by atoms with van der Waals surface area (Å²) in [6.07, 6.45) is 2.01. The number of ether oxygens (including phenoxy) is 2. The Balaban J connectivity index is 2.06. The first kappa shape index (κ1) is 13.4. The van der Waals surface area contributed by atoms with Crippen LogP contribution < -0.4 is 4.57 Å². The van der Waals surface area contributed by atoms with E-state index in [1.807, 2.05) is 24.5 Å². The fraction of sp³-hybridized carbons (Fsp3) is 0.462. The molecule has 98 valence electrons. The lowest BCUT2D eigenvalue weighted by atomic mass is 10.3. The summed E-state index contributed by atoms with van der Waals surface area (Å²) in [7, 11) is 1.67. The first-order valence-corrected chi connectivity index (χ1v) is 7.11. The summed E-state index contributed by atoms with van der Waals surface area (Å²) in [5, 5.41) is 0.909. The van der Waals surface area contributed by atoms with Gasteiger partial charge in [-0.2, -0.15) is 0 Å². The topological polar surface area (TPSA) is 35.5 Å². The summed E-state index contributed by atoms with van der Waals surface area (Å²) in [6, 6.07) is 8.05. The maximum Gasteiger partial charge on any atom is 0.412 e. The molecule has 1 aromatic carbocycles. The predicted molar refractivity (Wildman–Crippen MR) is 70.9 cm³/mol. The van der Waals surface area contributed by atoms with Crippen molar-refractivity contribution in [3.63, 3.8) is 0 Å². The fourth-order valence-corrected chi connectivity index (χ4v) is 2.36. The molecule has 0 aliphatic carbocycles. The normalized spacial score (nSPS) is 11.2. The van der Waals surface area contributed by atoms with Crippen molar-refractivity contribution >= 4 is 22.9 Å². The largest absolute Gasteiger partial charge is 0.412 e. The number of oxazole rings is 1. The van der Waals surface area contributed by atoms with Crippen molar-refractivity contribution in [1.82, 2.24) is 0 Å². The van der Waals surface area contributed by atoms with Gasteiger partial charge in [0, 0.05) is 13.2 Å². The van der Waals surface area contributed by atoms with E-state index >= 15 is 0 Å². The van der Waals surface area contributed by atoms with E-state index in [0.717, 1.165) is 22.9 Å². The van der Waals surface area contributed by atoms with E-state index < -0.39 is 0 Å². The van der Waals surface area contributed by atoms with E-state index in [1.54, 1.807) is 18.9 Å². The van der Waals surface area contributed by atoms with Gasteiger partial charge in [-0.1, -0.05) is 12.1 Å². The molecule has 0 aliphatic heterocycles. The summed E-state index contributed by atoms with van der Waals surface area (Å²) >= 11 is 1.61. The lowest BCUT2D eigenvalue weighted by molar-refractivity contribution is -0.717. The van der Waals surface area contributed by atoms with Crippen molar-refractivity contribution in [3.8, 4) is 0 Å². The first-order valence-electron chi connectivity index (χ1n) is 5.89. The Morgan fingerprint density at radius 2 is 2.06 bits per heavy atom. The van der Waals surface area contributed by atoms with E-state index in [2.05, 4.69) is 10.6 Å². The Hall–Kier alpha value is -1.04. The molecule has 2 rings (SSSR count). The van der Waals surface area contributed by atoms with Gasteiger partial charge in [0.2, 0.25) is 5.58 Å². The number of fused-ring (bicyclic) bond motifs is 1. The Morgan fingerprint density at radius 1 is 1.22 bits per heavy atom. The Kier molecular flexibility index (Phi) is 5.04. The van der Waals surface area contributed by atoms with Crippen LogP contribution in [-0.4, -0.2) is 33.2 Å². The maximum absolute atomic E-state index is 5.77. The second kappa shape index (κ2) is 6.78. The van der Waals surface area contributed by atoms with E-state index in [-0.39, 0.29) is 0 Å². The molecule has 1 aromatic heterocycles. The number of benzene rings is 1. The van der Waals surface area contributed by atoms with Crippen molar-refractivity contribution in [3.05, 3.63) is 24.3 Å². The summed E-state index contributed by atoms with van der Waals surface area (Å²) in [5.74, 6) is 0. The van der Waals surface area contributed by atoms with Gasteiger partial charge in [-0.15, -0.1) is 4.57 Å². The minimum Gasteiger partial charge on any atom is -0.393 e. The molecule has 0 unspecified atom stereocenters. The second-order valence-electron chi connectivity index (χ2n) is 3.80. The van der Waals surface area contributed by atoms with Gasteiger partial charge in [0.15, 0.2) is 6.54 Å². The molecule has 4 nitrogen and oxygen atoms in total. The molecule has 0 atom stereocenters. The molecule has 0 aliphatic rings. The lowest BCUT2D eigenvalue weighted by Gasteiger charge is -2.00. The van der Waals surface area contributed by atoms with Gasteiger partial charge in [-0.3, -0.25) is 0 Å². The van der Waals surface area contributed by atoms with Gasteiger partial charge in [0.25, 0.3) is 5.52 Å². The predicted octanol–water partition coefficient (Wildman–Crippen LogP) is 2.11. The molecule has 0 radical (unpaired) electrons. The monoisotopic (exact) mass is 268 g/mol. The average Bonchev–Trinajstić information content (AvgIpc) is 2.77. The number of para-hydroxylation sites is 2. The van der Waals surface area contributed by atoms with Crippen molar-refractivity contribution in [2.24, 2.45) is 0 Å². The molecular weight excluding hydrogens is 250 g/mol. The van der Waals surface area contributed by atoms with Crippen LogP contribution in [0, 0.1) is 0 Å². The third kappa shape index (κ3) is 3.04. The highest BCUT2D eigenvalue weighted by Crippen LogP contribution is 2.19. The van der Waals surface area contributed by atoms with E-state index in [9.17, 15) is 0 Å². The summed E-state index contributed by atoms with van der Waals surface area (Å²) in [4.78, 5) is 0. The minimum absolute atomic E-state index is 0.626. The van der Waals surface area contributed by atoms with Crippen LogP contribution >= 0.6 is 11.8 Å². The van der Waals surface area contributed by atoms with Crippen molar-refractivity contribution in [2.45, 2.75) is 11.8 Å². The average molecular weight is 268 g/mol. The maximum atomic E-state index is 5.77. The van der Waals surface area contributed by atoms with Crippen LogP contribution in [0.1, 0.15) is 0 Å². The zero-order valence-electron chi connectivity index (χ0n) is 10.7. The van der Waals surface area contributed by atoms with Crippen molar-refractivity contribution in [1.29, 1.82) is 0 Å². The van der Waals surface area contributed by atoms with Gasteiger partial charge in [0.05, 0.1) is 13.2 Å². The standard InChI is InChI=1S/C13H18NO3S/c1-15-9-10-16-8-7-14-11-5-3-4-6-12(11)17-13(14)18-2/h3-6H,7-10H2,1-2H3/q+1. The van der Waals surface area contributed by atoms with Crippen LogP contribution in [0.15, 0.2) is 33.9 Å².